The van der Waals surface area contributed by atoms with Gasteiger partial charge in [-0.15, -0.1) is 0 Å². The van der Waals surface area contributed by atoms with E-state index in [0.717, 1.165) is 37.2 Å². The van der Waals surface area contributed by atoms with E-state index in [4.69, 9.17) is 0 Å². The maximum atomic E-state index is 13.4. The Morgan fingerprint density at radius 1 is 1.12 bits per heavy atom. The molecular formula is C20H26N4O. The summed E-state index contributed by atoms with van der Waals surface area (Å²) in [7, 11) is 0. The number of hydrogen-bond donors (Lipinski definition) is 0. The van der Waals surface area contributed by atoms with Crippen molar-refractivity contribution in [2.45, 2.75) is 44.7 Å². The molecule has 1 amide bonds. The van der Waals surface area contributed by atoms with Gasteiger partial charge in [-0.25, -0.2) is 4.68 Å². The lowest BCUT2D eigenvalue weighted by molar-refractivity contribution is 0.0650. The number of carbonyl (C=O) groups is 1. The number of carbonyl (C=O) groups excluding carboxylic acids is 1. The summed E-state index contributed by atoms with van der Waals surface area (Å²) in [4.78, 5) is 18.1. The Morgan fingerprint density at radius 2 is 1.92 bits per heavy atom. The predicted molar refractivity (Wildman–Crippen MR) is 97.9 cm³/mol. The number of benzene rings is 1. The van der Waals surface area contributed by atoms with E-state index >= 15 is 0 Å². The van der Waals surface area contributed by atoms with E-state index in [9.17, 15) is 4.79 Å². The molecule has 0 radical (unpaired) electrons. The summed E-state index contributed by atoms with van der Waals surface area (Å²) in [5.74, 6) is 0.150. The predicted octanol–water partition coefficient (Wildman–Crippen LogP) is 2.96. The molecule has 0 bridgehead atoms. The second kappa shape index (κ2) is 7.00. The highest BCUT2D eigenvalue weighted by Gasteiger charge is 2.39. The molecule has 4 rings (SSSR count). The minimum Gasteiger partial charge on any atom is -0.334 e. The van der Waals surface area contributed by atoms with Crippen LogP contribution in [0.4, 0.5) is 0 Å². The molecule has 2 aromatic rings. The zero-order valence-electron chi connectivity index (χ0n) is 14.8. The number of nitrogens with zero attached hydrogens (tertiary/aromatic N) is 4. The van der Waals surface area contributed by atoms with E-state index in [1.165, 1.54) is 19.4 Å². The summed E-state index contributed by atoms with van der Waals surface area (Å²) in [6.45, 7) is 5.34. The number of aromatic nitrogens is 2. The van der Waals surface area contributed by atoms with Crippen LogP contribution in [-0.4, -0.2) is 57.2 Å². The third kappa shape index (κ3) is 2.97. The van der Waals surface area contributed by atoms with Crippen LogP contribution in [0.15, 0.2) is 42.7 Å². The fraction of sp³-hybridized carbons (Fsp3) is 0.500. The Labute approximate surface area is 149 Å². The molecule has 2 aliphatic rings. The second-order valence-electron chi connectivity index (χ2n) is 7.01. The highest BCUT2D eigenvalue weighted by molar-refractivity contribution is 5.98. The number of likely N-dealkylation sites (tertiary alicyclic amines) is 2. The smallest absolute Gasteiger partial charge is 0.256 e. The summed E-state index contributed by atoms with van der Waals surface area (Å²) in [6.07, 6.45) is 8.33. The molecular weight excluding hydrogens is 312 g/mol. The van der Waals surface area contributed by atoms with E-state index < -0.39 is 0 Å². The van der Waals surface area contributed by atoms with E-state index in [1.807, 2.05) is 36.5 Å². The first-order chi connectivity index (χ1) is 12.3. The van der Waals surface area contributed by atoms with Crippen LogP contribution in [0, 0.1) is 0 Å². The molecule has 2 saturated heterocycles. The first-order valence-corrected chi connectivity index (χ1v) is 9.43. The van der Waals surface area contributed by atoms with Gasteiger partial charge in [0, 0.05) is 31.0 Å². The van der Waals surface area contributed by atoms with Gasteiger partial charge in [0.05, 0.1) is 11.3 Å². The summed E-state index contributed by atoms with van der Waals surface area (Å²) in [5, 5.41) is 4.32. The van der Waals surface area contributed by atoms with Crippen LogP contribution < -0.4 is 0 Å². The fourth-order valence-corrected chi connectivity index (χ4v) is 4.55. The molecule has 25 heavy (non-hydrogen) atoms. The lowest BCUT2D eigenvalue weighted by Gasteiger charge is -2.34. The fourth-order valence-electron chi connectivity index (χ4n) is 4.55. The average Bonchev–Trinajstić information content (AvgIpc) is 3.41. The minimum atomic E-state index is 0.150. The highest BCUT2D eigenvalue weighted by Crippen LogP contribution is 2.31. The van der Waals surface area contributed by atoms with Crippen LogP contribution >= 0.6 is 0 Å². The minimum absolute atomic E-state index is 0.150. The van der Waals surface area contributed by atoms with Gasteiger partial charge in [0.1, 0.15) is 0 Å². The molecule has 1 aromatic heterocycles. The number of rotatable bonds is 4. The Balaban J connectivity index is 1.63. The summed E-state index contributed by atoms with van der Waals surface area (Å²) < 4.78 is 1.78. The van der Waals surface area contributed by atoms with Crippen molar-refractivity contribution in [3.05, 3.63) is 48.3 Å². The molecule has 2 aliphatic heterocycles. The molecule has 0 saturated carbocycles. The van der Waals surface area contributed by atoms with Gasteiger partial charge in [-0.05, 0) is 57.0 Å². The Hall–Kier alpha value is -2.14. The van der Waals surface area contributed by atoms with E-state index in [2.05, 4.69) is 21.8 Å². The van der Waals surface area contributed by atoms with Crippen LogP contribution in [0.3, 0.4) is 0 Å². The van der Waals surface area contributed by atoms with E-state index in [-0.39, 0.29) is 5.91 Å². The van der Waals surface area contributed by atoms with Crippen molar-refractivity contribution in [1.29, 1.82) is 0 Å². The van der Waals surface area contributed by atoms with Crippen LogP contribution in [0.2, 0.25) is 0 Å². The first-order valence-electron chi connectivity index (χ1n) is 9.43. The summed E-state index contributed by atoms with van der Waals surface area (Å²) in [6, 6.07) is 10.6. The Morgan fingerprint density at radius 3 is 2.72 bits per heavy atom. The maximum absolute atomic E-state index is 13.4. The Bertz CT molecular complexity index is 727. The van der Waals surface area contributed by atoms with Gasteiger partial charge in [0.15, 0.2) is 0 Å². The summed E-state index contributed by atoms with van der Waals surface area (Å²) >= 11 is 0. The molecule has 0 spiro atoms. The average molecular weight is 338 g/mol. The van der Waals surface area contributed by atoms with Crippen LogP contribution in [0.5, 0.6) is 0 Å². The summed E-state index contributed by atoms with van der Waals surface area (Å²) in [5.41, 5.74) is 1.61. The number of para-hydroxylation sites is 1. The van der Waals surface area contributed by atoms with Crippen molar-refractivity contribution in [1.82, 2.24) is 19.6 Å². The lowest BCUT2D eigenvalue weighted by Crippen LogP contribution is -2.48. The van der Waals surface area contributed by atoms with Crippen LogP contribution in [-0.2, 0) is 0 Å². The molecule has 1 aromatic carbocycles. The maximum Gasteiger partial charge on any atom is 0.256 e. The molecule has 0 N–H and O–H groups in total. The van der Waals surface area contributed by atoms with E-state index in [0.29, 0.717) is 12.1 Å². The van der Waals surface area contributed by atoms with Crippen molar-refractivity contribution in [3.8, 4) is 5.69 Å². The molecule has 0 aliphatic carbocycles. The van der Waals surface area contributed by atoms with E-state index in [1.54, 1.807) is 10.9 Å². The first kappa shape index (κ1) is 16.3. The van der Waals surface area contributed by atoms with Gasteiger partial charge in [-0.3, -0.25) is 9.69 Å². The molecule has 2 atom stereocenters. The molecule has 132 valence electrons. The van der Waals surface area contributed by atoms with Crippen molar-refractivity contribution in [2.24, 2.45) is 0 Å². The van der Waals surface area contributed by atoms with Gasteiger partial charge in [-0.2, -0.15) is 5.10 Å². The third-order valence-electron chi connectivity index (χ3n) is 5.71. The third-order valence-corrected chi connectivity index (χ3v) is 5.71. The van der Waals surface area contributed by atoms with Crippen molar-refractivity contribution in [3.63, 3.8) is 0 Å². The largest absolute Gasteiger partial charge is 0.334 e. The second-order valence-corrected chi connectivity index (χ2v) is 7.01. The van der Waals surface area contributed by atoms with Crippen molar-refractivity contribution in [2.75, 3.05) is 19.6 Å². The van der Waals surface area contributed by atoms with Crippen LogP contribution in [0.25, 0.3) is 5.69 Å². The highest BCUT2D eigenvalue weighted by atomic mass is 16.2. The monoisotopic (exact) mass is 338 g/mol. The molecule has 0 unspecified atom stereocenters. The standard InChI is InChI=1S/C20H26N4O/c1-2-22-13-5-10-18(22)19-11-6-14-23(19)20(25)16-8-3-4-9-17(16)24-15-7-12-21-24/h3-4,7-9,12,15,18-19H,2,5-6,10-11,13-14H2,1H3/t18-,19+/m1/s1. The topological polar surface area (TPSA) is 41.4 Å². The van der Waals surface area contributed by atoms with Gasteiger partial charge in [0.2, 0.25) is 0 Å². The number of amides is 1. The van der Waals surface area contributed by atoms with Crippen LogP contribution in [0.1, 0.15) is 43.0 Å². The SMILES string of the molecule is CCN1CCC[C@@H]1[C@@H]1CCCN1C(=O)c1ccccc1-n1cccn1. The van der Waals surface area contributed by atoms with Gasteiger partial charge in [-0.1, -0.05) is 19.1 Å². The lowest BCUT2D eigenvalue weighted by atomic mass is 10.0. The molecule has 5 nitrogen and oxygen atoms in total. The zero-order chi connectivity index (χ0) is 17.2. The van der Waals surface area contributed by atoms with Gasteiger partial charge >= 0.3 is 0 Å². The van der Waals surface area contributed by atoms with Crippen molar-refractivity contribution < 1.29 is 4.79 Å². The molecule has 2 fully saturated rings. The zero-order valence-corrected chi connectivity index (χ0v) is 14.8. The van der Waals surface area contributed by atoms with Gasteiger partial charge in [0.25, 0.3) is 5.91 Å². The quantitative estimate of drug-likeness (QED) is 0.861. The Kier molecular flexibility index (Phi) is 4.57. The molecule has 3 heterocycles. The van der Waals surface area contributed by atoms with Crippen molar-refractivity contribution >= 4 is 5.91 Å². The normalized spacial score (nSPS) is 24.1. The number of likely N-dealkylation sites (N-methyl/N-ethyl adjacent to an activating group) is 1. The van der Waals surface area contributed by atoms with Gasteiger partial charge < -0.3 is 4.90 Å². The number of hydrogen-bond acceptors (Lipinski definition) is 3. The molecule has 5 heteroatoms.